The van der Waals surface area contributed by atoms with E-state index in [2.05, 4.69) is 47.6 Å². The van der Waals surface area contributed by atoms with Gasteiger partial charge in [0.15, 0.2) is 17.2 Å². The number of pyridine rings is 2. The number of hydrogen-bond acceptors (Lipinski definition) is 6. The van der Waals surface area contributed by atoms with Gasteiger partial charge in [-0.2, -0.15) is 5.26 Å². The Balaban J connectivity index is 1.17. The van der Waals surface area contributed by atoms with Crippen molar-refractivity contribution < 1.29 is 9.18 Å². The zero-order valence-electron chi connectivity index (χ0n) is 18.2. The third-order valence-electron chi connectivity index (χ3n) is 5.97. The maximum absolute atomic E-state index is 14.5. The van der Waals surface area contributed by atoms with E-state index in [0.29, 0.717) is 33.0 Å². The highest BCUT2D eigenvalue weighted by molar-refractivity contribution is 9.10. The Morgan fingerprint density at radius 1 is 1.29 bits per heavy atom. The van der Waals surface area contributed by atoms with Crippen LogP contribution in [0.15, 0.2) is 47.7 Å². The van der Waals surface area contributed by atoms with Crippen molar-refractivity contribution in [1.29, 1.82) is 5.26 Å². The highest BCUT2D eigenvalue weighted by Crippen LogP contribution is 2.40. The Morgan fingerprint density at radius 2 is 2.14 bits per heavy atom. The lowest BCUT2D eigenvalue weighted by molar-refractivity contribution is 0.0945. The van der Waals surface area contributed by atoms with Gasteiger partial charge in [-0.25, -0.2) is 19.0 Å². The third-order valence-corrected chi connectivity index (χ3v) is 6.58. The molecule has 1 aliphatic carbocycles. The van der Waals surface area contributed by atoms with Gasteiger partial charge in [0.2, 0.25) is 0 Å². The van der Waals surface area contributed by atoms with Crippen LogP contribution in [0.2, 0.25) is 0 Å². The van der Waals surface area contributed by atoms with Gasteiger partial charge in [-0.15, -0.1) is 5.10 Å². The molecule has 0 aromatic carbocycles. The molecule has 1 fully saturated rings. The van der Waals surface area contributed by atoms with Crippen LogP contribution in [-0.4, -0.2) is 39.7 Å². The number of fused-ring (bicyclic) bond motifs is 2. The van der Waals surface area contributed by atoms with E-state index in [4.69, 9.17) is 0 Å². The third kappa shape index (κ3) is 3.93. The van der Waals surface area contributed by atoms with Crippen molar-refractivity contribution in [3.05, 3.63) is 81.7 Å². The summed E-state index contributed by atoms with van der Waals surface area (Å²) in [5.74, 6) is -0.382. The summed E-state index contributed by atoms with van der Waals surface area (Å²) >= 11 is 3.17. The summed E-state index contributed by atoms with van der Waals surface area (Å²) < 4.78 is 19.7. The summed E-state index contributed by atoms with van der Waals surface area (Å²) in [5.41, 5.74) is 3.77. The minimum Gasteiger partial charge on any atom is -0.345 e. The molecule has 1 N–H and O–H groups in total. The van der Waals surface area contributed by atoms with E-state index in [1.54, 1.807) is 16.7 Å². The summed E-state index contributed by atoms with van der Waals surface area (Å²) in [6.07, 6.45) is 10.9. The molecule has 0 aliphatic heterocycles. The Morgan fingerprint density at radius 3 is 2.94 bits per heavy atom. The van der Waals surface area contributed by atoms with Crippen LogP contribution >= 0.6 is 15.9 Å². The number of rotatable bonds is 6. The molecule has 5 aromatic rings. The Labute approximate surface area is 206 Å². The number of halogens is 2. The predicted octanol–water partition coefficient (Wildman–Crippen LogP) is 3.20. The van der Waals surface area contributed by atoms with E-state index in [1.165, 1.54) is 17.2 Å². The van der Waals surface area contributed by atoms with Gasteiger partial charge in [0.25, 0.3) is 5.91 Å². The Kier molecular flexibility index (Phi) is 5.07. The van der Waals surface area contributed by atoms with Crippen molar-refractivity contribution in [1.82, 2.24) is 39.1 Å². The Hall–Kier alpha value is -4.11. The zero-order chi connectivity index (χ0) is 24.1. The first-order chi connectivity index (χ1) is 17.0. The van der Waals surface area contributed by atoms with Crippen molar-refractivity contribution in [2.75, 3.05) is 0 Å². The van der Waals surface area contributed by atoms with Crippen LogP contribution in [0.5, 0.6) is 0 Å². The molecule has 0 unspecified atom stereocenters. The number of nitrogens with one attached hydrogen (secondary N) is 1. The molecule has 5 aromatic heterocycles. The van der Waals surface area contributed by atoms with Crippen LogP contribution in [0.4, 0.5) is 4.39 Å². The van der Waals surface area contributed by atoms with Crippen molar-refractivity contribution in [2.24, 2.45) is 0 Å². The average molecular weight is 534 g/mol. The van der Waals surface area contributed by atoms with E-state index in [-0.39, 0.29) is 24.3 Å². The average Bonchev–Trinajstić information content (AvgIpc) is 3.26. The lowest BCUT2D eigenvalue weighted by Gasteiger charge is -2.03. The Bertz CT molecular complexity index is 1660. The van der Waals surface area contributed by atoms with E-state index in [1.807, 2.05) is 22.9 Å². The number of nitriles is 1. The second-order valence-electron chi connectivity index (χ2n) is 8.45. The van der Waals surface area contributed by atoms with Crippen LogP contribution in [0.25, 0.3) is 11.2 Å². The molecule has 0 atom stereocenters. The quantitative estimate of drug-likeness (QED) is 0.358. The molecular formula is C23H17BrFN9O. The molecule has 0 spiro atoms. The van der Waals surface area contributed by atoms with Gasteiger partial charge in [0, 0.05) is 18.6 Å². The molecule has 5 heterocycles. The monoisotopic (exact) mass is 533 g/mol. The number of carbonyl (C=O) groups excluding carboxylic acids is 1. The van der Waals surface area contributed by atoms with Gasteiger partial charge < -0.3 is 14.1 Å². The van der Waals surface area contributed by atoms with E-state index >= 15 is 0 Å². The van der Waals surface area contributed by atoms with E-state index in [0.717, 1.165) is 18.4 Å². The smallest absolute Gasteiger partial charge is 0.273 e. The van der Waals surface area contributed by atoms with Crippen LogP contribution in [0.3, 0.4) is 0 Å². The van der Waals surface area contributed by atoms with Gasteiger partial charge >= 0.3 is 0 Å². The summed E-state index contributed by atoms with van der Waals surface area (Å²) in [6.45, 7) is 0.318. The molecule has 35 heavy (non-hydrogen) atoms. The maximum atomic E-state index is 14.5. The number of amides is 1. The van der Waals surface area contributed by atoms with E-state index in [9.17, 15) is 14.4 Å². The highest BCUT2D eigenvalue weighted by atomic mass is 79.9. The van der Waals surface area contributed by atoms with Crippen LogP contribution < -0.4 is 5.32 Å². The van der Waals surface area contributed by atoms with Crippen molar-refractivity contribution in [3.8, 4) is 6.07 Å². The van der Waals surface area contributed by atoms with Gasteiger partial charge in [0.1, 0.15) is 11.6 Å². The van der Waals surface area contributed by atoms with Crippen LogP contribution in [-0.2, 0) is 13.1 Å². The molecule has 10 nitrogen and oxygen atoms in total. The lowest BCUT2D eigenvalue weighted by atomic mass is 10.1. The first-order valence-electron chi connectivity index (χ1n) is 10.9. The molecule has 6 rings (SSSR count). The van der Waals surface area contributed by atoms with Crippen molar-refractivity contribution in [3.63, 3.8) is 0 Å². The fourth-order valence-corrected chi connectivity index (χ4v) is 4.39. The fraction of sp³-hybridized carbons (Fsp3) is 0.217. The molecule has 1 saturated carbocycles. The molecule has 174 valence electrons. The largest absolute Gasteiger partial charge is 0.345 e. The second kappa shape index (κ2) is 8.28. The van der Waals surface area contributed by atoms with Gasteiger partial charge in [-0.3, -0.25) is 4.79 Å². The molecule has 0 bridgehead atoms. The summed E-state index contributed by atoms with van der Waals surface area (Å²) in [5, 5.41) is 20.2. The number of imidazole rings is 2. The predicted molar refractivity (Wildman–Crippen MR) is 125 cm³/mol. The molecule has 0 saturated heterocycles. The number of hydrogen-bond donors (Lipinski definition) is 1. The molecule has 0 radical (unpaired) electrons. The summed E-state index contributed by atoms with van der Waals surface area (Å²) in [6, 6.07) is 5.73. The number of nitrogens with zero attached hydrogens (tertiary/aromatic N) is 8. The van der Waals surface area contributed by atoms with Gasteiger partial charge in [-0.05, 0) is 52.4 Å². The van der Waals surface area contributed by atoms with Crippen molar-refractivity contribution in [2.45, 2.75) is 31.8 Å². The van der Waals surface area contributed by atoms with Crippen LogP contribution in [0.1, 0.15) is 51.8 Å². The summed E-state index contributed by atoms with van der Waals surface area (Å²) in [4.78, 5) is 21.4. The summed E-state index contributed by atoms with van der Waals surface area (Å²) in [7, 11) is 0. The first-order valence-corrected chi connectivity index (χ1v) is 11.7. The van der Waals surface area contributed by atoms with E-state index < -0.39 is 11.7 Å². The highest BCUT2D eigenvalue weighted by Gasteiger charge is 2.25. The number of aromatic nitrogens is 7. The minimum absolute atomic E-state index is 0.0300. The van der Waals surface area contributed by atoms with Crippen molar-refractivity contribution >= 4 is 33.0 Å². The van der Waals surface area contributed by atoms with Crippen LogP contribution in [0, 0.1) is 17.1 Å². The lowest BCUT2D eigenvalue weighted by Crippen LogP contribution is -2.23. The topological polar surface area (TPSA) is 118 Å². The molecule has 12 heteroatoms. The SMILES string of the molecule is N#Cc1cc(C2CC2)cn2cc(Cn3cc(C(=O)NCc4ncn5ccc(Br)c(F)c45)nn3)nc12. The number of carbonyl (C=O) groups is 1. The maximum Gasteiger partial charge on any atom is 0.273 e. The minimum atomic E-state index is -0.455. The molecule has 1 amide bonds. The zero-order valence-corrected chi connectivity index (χ0v) is 19.8. The fourth-order valence-electron chi connectivity index (χ4n) is 4.08. The van der Waals surface area contributed by atoms with Gasteiger partial charge in [0.05, 0.1) is 47.0 Å². The normalized spacial score (nSPS) is 13.4. The van der Waals surface area contributed by atoms with Gasteiger partial charge in [-0.1, -0.05) is 5.21 Å². The second-order valence-corrected chi connectivity index (χ2v) is 9.30. The first kappa shape index (κ1) is 21.4. The molecule has 1 aliphatic rings. The molecular weight excluding hydrogens is 517 g/mol. The standard InChI is InChI=1S/C23H17BrFN9O/c24-17-3-4-32-12-28-18(21(32)20(17)25)7-27-23(35)19-11-34(31-30-19)10-16-9-33-8-15(13-1-2-13)5-14(6-26)22(33)29-16/h3-5,8-9,11-13H,1-2,7,10H2,(H,27,35).